The van der Waals surface area contributed by atoms with Gasteiger partial charge in [-0.3, -0.25) is 9.36 Å². The van der Waals surface area contributed by atoms with E-state index in [4.69, 9.17) is 26.1 Å². The van der Waals surface area contributed by atoms with Crippen molar-refractivity contribution in [2.45, 2.75) is 19.9 Å². The average molecular weight is 435 g/mol. The normalized spacial score (nSPS) is 10.9. The minimum Gasteiger partial charge on any atom is -0.494 e. The Bertz CT molecular complexity index is 1240. The van der Waals surface area contributed by atoms with E-state index in [0.29, 0.717) is 47.9 Å². The first-order chi connectivity index (χ1) is 15.2. The molecule has 5 nitrogen and oxygen atoms in total. The summed E-state index contributed by atoms with van der Waals surface area (Å²) in [7, 11) is 0. The Labute approximate surface area is 185 Å². The number of fused-ring (bicyclic) bond motifs is 1. The molecule has 0 saturated carbocycles. The fourth-order valence-corrected chi connectivity index (χ4v) is 3.55. The van der Waals surface area contributed by atoms with Crippen LogP contribution in [0, 0.1) is 0 Å². The van der Waals surface area contributed by atoms with Gasteiger partial charge in [0.2, 0.25) is 0 Å². The van der Waals surface area contributed by atoms with Crippen LogP contribution in [0.25, 0.3) is 22.3 Å². The number of nitrogens with zero attached hydrogens (tertiary/aromatic N) is 2. The molecule has 0 unspecified atom stereocenters. The molecule has 0 aliphatic carbocycles. The van der Waals surface area contributed by atoms with Crippen LogP contribution in [0.3, 0.4) is 0 Å². The maximum Gasteiger partial charge on any atom is 0.261 e. The van der Waals surface area contributed by atoms with Crippen LogP contribution in [0.1, 0.15) is 13.3 Å². The number of rotatable bonds is 8. The smallest absolute Gasteiger partial charge is 0.261 e. The standard InChI is InChI=1S/C25H23ClN2O3/c1-2-30-20-7-5-8-21(17-20)31-16-6-15-28-24(18-11-13-19(26)14-12-18)27-23-10-4-3-9-22(23)25(28)29/h3-5,7-14,17H,2,6,15-16H2,1H3. The van der Waals surface area contributed by atoms with E-state index in [1.165, 1.54) is 0 Å². The van der Waals surface area contributed by atoms with Crippen LogP contribution in [0.2, 0.25) is 5.02 Å². The van der Waals surface area contributed by atoms with Crippen molar-refractivity contribution in [3.63, 3.8) is 0 Å². The highest BCUT2D eigenvalue weighted by molar-refractivity contribution is 6.30. The first kappa shape index (κ1) is 20.9. The van der Waals surface area contributed by atoms with E-state index in [1.807, 2.05) is 67.6 Å². The van der Waals surface area contributed by atoms with Gasteiger partial charge in [0.25, 0.3) is 5.56 Å². The summed E-state index contributed by atoms with van der Waals surface area (Å²) in [5, 5.41) is 1.24. The van der Waals surface area contributed by atoms with Crippen LogP contribution in [-0.2, 0) is 6.54 Å². The van der Waals surface area contributed by atoms with Gasteiger partial charge in [0, 0.05) is 23.2 Å². The third kappa shape index (κ3) is 4.89. The van der Waals surface area contributed by atoms with Crippen LogP contribution >= 0.6 is 11.6 Å². The van der Waals surface area contributed by atoms with Gasteiger partial charge in [0.15, 0.2) is 0 Å². The zero-order valence-corrected chi connectivity index (χ0v) is 18.0. The monoisotopic (exact) mass is 434 g/mol. The topological polar surface area (TPSA) is 53.4 Å². The van der Waals surface area contributed by atoms with E-state index in [9.17, 15) is 4.79 Å². The van der Waals surface area contributed by atoms with Gasteiger partial charge in [-0.1, -0.05) is 29.8 Å². The van der Waals surface area contributed by atoms with Crippen molar-refractivity contribution >= 4 is 22.5 Å². The van der Waals surface area contributed by atoms with E-state index in [-0.39, 0.29) is 5.56 Å². The van der Waals surface area contributed by atoms with Crippen molar-refractivity contribution in [1.29, 1.82) is 0 Å². The van der Waals surface area contributed by atoms with Gasteiger partial charge < -0.3 is 9.47 Å². The molecule has 158 valence electrons. The van der Waals surface area contributed by atoms with Crippen molar-refractivity contribution in [1.82, 2.24) is 9.55 Å². The molecule has 0 aliphatic rings. The lowest BCUT2D eigenvalue weighted by atomic mass is 10.1. The van der Waals surface area contributed by atoms with Crippen molar-refractivity contribution in [2.24, 2.45) is 0 Å². The van der Waals surface area contributed by atoms with Crippen LogP contribution in [-0.4, -0.2) is 22.8 Å². The molecular weight excluding hydrogens is 412 g/mol. The second-order valence-corrected chi connectivity index (χ2v) is 7.46. The first-order valence-corrected chi connectivity index (χ1v) is 10.6. The van der Waals surface area contributed by atoms with E-state index in [0.717, 1.165) is 17.1 Å². The van der Waals surface area contributed by atoms with Crippen LogP contribution in [0.4, 0.5) is 0 Å². The molecule has 4 rings (SSSR count). The van der Waals surface area contributed by atoms with Gasteiger partial charge in [-0.15, -0.1) is 0 Å². The molecule has 0 N–H and O–H groups in total. The summed E-state index contributed by atoms with van der Waals surface area (Å²) in [6.07, 6.45) is 0.652. The minimum absolute atomic E-state index is 0.0612. The molecule has 1 aromatic heterocycles. The second kappa shape index (κ2) is 9.67. The number of aromatic nitrogens is 2. The van der Waals surface area contributed by atoms with Gasteiger partial charge in [0.1, 0.15) is 17.3 Å². The lowest BCUT2D eigenvalue weighted by molar-refractivity contribution is 0.296. The summed E-state index contributed by atoms with van der Waals surface area (Å²) >= 11 is 6.04. The maximum absolute atomic E-state index is 13.2. The highest BCUT2D eigenvalue weighted by Gasteiger charge is 2.12. The summed E-state index contributed by atoms with van der Waals surface area (Å²) in [6, 6.07) is 22.3. The van der Waals surface area contributed by atoms with Crippen molar-refractivity contribution in [2.75, 3.05) is 13.2 Å². The molecule has 0 atom stereocenters. The van der Waals surface area contributed by atoms with E-state index < -0.39 is 0 Å². The Kier molecular flexibility index (Phi) is 6.53. The number of hydrogen-bond donors (Lipinski definition) is 0. The maximum atomic E-state index is 13.2. The van der Waals surface area contributed by atoms with Crippen LogP contribution < -0.4 is 15.0 Å². The lowest BCUT2D eigenvalue weighted by Crippen LogP contribution is -2.24. The Morgan fingerprint density at radius 2 is 1.68 bits per heavy atom. The molecule has 0 aliphatic heterocycles. The van der Waals surface area contributed by atoms with Crippen LogP contribution in [0.5, 0.6) is 11.5 Å². The van der Waals surface area contributed by atoms with Gasteiger partial charge in [0.05, 0.1) is 24.1 Å². The average Bonchev–Trinajstić information content (AvgIpc) is 2.79. The van der Waals surface area contributed by atoms with Crippen molar-refractivity contribution in [3.05, 3.63) is 88.2 Å². The van der Waals surface area contributed by atoms with Gasteiger partial charge in [-0.25, -0.2) is 4.98 Å². The zero-order chi connectivity index (χ0) is 21.6. The predicted octanol–water partition coefficient (Wildman–Crippen LogP) is 5.58. The molecule has 3 aromatic carbocycles. The Morgan fingerprint density at radius 3 is 2.45 bits per heavy atom. The number of halogens is 1. The van der Waals surface area contributed by atoms with Gasteiger partial charge in [-0.05, 0) is 61.9 Å². The van der Waals surface area contributed by atoms with E-state index >= 15 is 0 Å². The fraction of sp³-hybridized carbons (Fsp3) is 0.200. The largest absolute Gasteiger partial charge is 0.494 e. The molecular formula is C25H23ClN2O3. The molecule has 0 radical (unpaired) electrons. The van der Waals surface area contributed by atoms with Crippen LogP contribution in [0.15, 0.2) is 77.6 Å². The predicted molar refractivity (Wildman–Crippen MR) is 124 cm³/mol. The summed E-state index contributed by atoms with van der Waals surface area (Å²) in [6.45, 7) is 3.50. The molecule has 4 aromatic rings. The molecule has 0 fully saturated rings. The summed E-state index contributed by atoms with van der Waals surface area (Å²) in [5.74, 6) is 2.14. The molecule has 0 spiro atoms. The molecule has 0 bridgehead atoms. The SMILES string of the molecule is CCOc1cccc(OCCCn2c(-c3ccc(Cl)cc3)nc3ccccc3c2=O)c1. The highest BCUT2D eigenvalue weighted by Crippen LogP contribution is 2.22. The third-order valence-corrected chi connectivity index (χ3v) is 5.13. The number of hydrogen-bond acceptors (Lipinski definition) is 4. The first-order valence-electron chi connectivity index (χ1n) is 10.3. The van der Waals surface area contributed by atoms with Gasteiger partial charge in [-0.2, -0.15) is 0 Å². The van der Waals surface area contributed by atoms with E-state index in [2.05, 4.69) is 0 Å². The summed E-state index contributed by atoms with van der Waals surface area (Å²) in [5.41, 5.74) is 1.46. The second-order valence-electron chi connectivity index (χ2n) is 7.03. The Hall–Kier alpha value is -3.31. The zero-order valence-electron chi connectivity index (χ0n) is 17.3. The minimum atomic E-state index is -0.0612. The quantitative estimate of drug-likeness (QED) is 0.339. The molecule has 0 saturated heterocycles. The fourth-order valence-electron chi connectivity index (χ4n) is 3.43. The van der Waals surface area contributed by atoms with Gasteiger partial charge >= 0.3 is 0 Å². The number of para-hydroxylation sites is 1. The Morgan fingerprint density at radius 1 is 0.935 bits per heavy atom. The lowest BCUT2D eigenvalue weighted by Gasteiger charge is -2.14. The summed E-state index contributed by atoms with van der Waals surface area (Å²) in [4.78, 5) is 18.0. The Balaban J connectivity index is 1.57. The third-order valence-electron chi connectivity index (χ3n) is 4.88. The van der Waals surface area contributed by atoms with Crippen molar-refractivity contribution < 1.29 is 9.47 Å². The molecule has 0 amide bonds. The van der Waals surface area contributed by atoms with E-state index in [1.54, 1.807) is 16.7 Å². The highest BCUT2D eigenvalue weighted by atomic mass is 35.5. The molecule has 31 heavy (non-hydrogen) atoms. The van der Waals surface area contributed by atoms with Crippen molar-refractivity contribution in [3.8, 4) is 22.9 Å². The molecule has 1 heterocycles. The summed E-state index contributed by atoms with van der Waals surface area (Å²) < 4.78 is 13.1. The molecule has 6 heteroatoms. The number of benzene rings is 3. The number of ether oxygens (including phenoxy) is 2.